The molecule has 2 aromatic carbocycles. The number of fused-ring (bicyclic) bond motifs is 1. The summed E-state index contributed by atoms with van der Waals surface area (Å²) in [4.78, 5) is 48.9. The molecule has 0 atom stereocenters. The van der Waals surface area contributed by atoms with Crippen LogP contribution in [0, 0.1) is 0 Å². The molecule has 138 valence electrons. The van der Waals surface area contributed by atoms with Gasteiger partial charge in [-0.1, -0.05) is 12.1 Å². The second kappa shape index (κ2) is 7.69. The Morgan fingerprint density at radius 2 is 1.56 bits per heavy atom. The molecule has 1 heterocycles. The van der Waals surface area contributed by atoms with Gasteiger partial charge in [-0.05, 0) is 36.4 Å². The van der Waals surface area contributed by atoms with E-state index in [4.69, 9.17) is 0 Å². The Morgan fingerprint density at radius 1 is 0.963 bits per heavy atom. The molecule has 1 aliphatic heterocycles. The normalized spacial score (nSPS) is 12.6. The van der Waals surface area contributed by atoms with Crippen molar-refractivity contribution in [2.45, 2.75) is 0 Å². The van der Waals surface area contributed by atoms with E-state index in [0.717, 1.165) is 4.90 Å². The van der Waals surface area contributed by atoms with Crippen molar-refractivity contribution in [1.82, 2.24) is 10.2 Å². The molecule has 8 heteroatoms. The molecule has 0 aromatic heterocycles. The number of benzene rings is 2. The molecule has 1 aliphatic rings. The van der Waals surface area contributed by atoms with Crippen molar-refractivity contribution in [3.8, 4) is 0 Å². The first kappa shape index (κ1) is 18.1. The third-order valence-corrected chi connectivity index (χ3v) is 4.06. The summed E-state index contributed by atoms with van der Waals surface area (Å²) in [6.07, 6.45) is 0. The van der Waals surface area contributed by atoms with E-state index in [1.165, 1.54) is 19.2 Å². The average molecular weight is 367 g/mol. The molecule has 0 fully saturated rings. The Kier molecular flexibility index (Phi) is 5.16. The number of ether oxygens (including phenoxy) is 1. The predicted molar refractivity (Wildman–Crippen MR) is 96.6 cm³/mol. The number of hydrogen-bond donors (Lipinski definition) is 2. The minimum Gasteiger partial charge on any atom is -0.465 e. The number of carbonyl (C=O) groups is 4. The predicted octanol–water partition coefficient (Wildman–Crippen LogP) is 1.89. The van der Waals surface area contributed by atoms with Gasteiger partial charge < -0.3 is 15.4 Å². The molecule has 0 radical (unpaired) electrons. The zero-order chi connectivity index (χ0) is 19.4. The topological polar surface area (TPSA) is 105 Å². The second-order valence-corrected chi connectivity index (χ2v) is 5.76. The van der Waals surface area contributed by atoms with Gasteiger partial charge in [-0.3, -0.25) is 14.5 Å². The maximum absolute atomic E-state index is 12.2. The number of anilines is 1. The molecule has 8 nitrogen and oxygen atoms in total. The van der Waals surface area contributed by atoms with Crippen molar-refractivity contribution < 1.29 is 23.9 Å². The molecule has 0 saturated carbocycles. The third kappa shape index (κ3) is 3.79. The summed E-state index contributed by atoms with van der Waals surface area (Å²) in [5.41, 5.74) is 1.60. The van der Waals surface area contributed by atoms with Gasteiger partial charge in [0.15, 0.2) is 0 Å². The van der Waals surface area contributed by atoms with Crippen LogP contribution in [0.2, 0.25) is 0 Å². The van der Waals surface area contributed by atoms with Crippen molar-refractivity contribution >= 4 is 29.5 Å². The van der Waals surface area contributed by atoms with Crippen molar-refractivity contribution in [3.63, 3.8) is 0 Å². The van der Waals surface area contributed by atoms with Crippen LogP contribution in [-0.2, 0) is 4.74 Å². The van der Waals surface area contributed by atoms with E-state index in [-0.39, 0.29) is 24.9 Å². The SMILES string of the molecule is COC(=O)c1ccc(NC(=O)NCCN2C(=O)c3ccccc3C2=O)cc1. The lowest BCUT2D eigenvalue weighted by Crippen LogP contribution is -2.39. The standard InChI is InChI=1S/C19H17N3O5/c1-27-18(25)12-6-8-13(9-7-12)21-19(26)20-10-11-22-16(23)14-4-2-3-5-15(14)17(22)24/h2-9H,10-11H2,1H3,(H2,20,21,26). The number of methoxy groups -OCH3 is 1. The summed E-state index contributed by atoms with van der Waals surface area (Å²) in [5.74, 6) is -1.20. The first-order valence-electron chi connectivity index (χ1n) is 8.19. The van der Waals surface area contributed by atoms with Crippen molar-refractivity contribution in [2.75, 3.05) is 25.5 Å². The van der Waals surface area contributed by atoms with Gasteiger partial charge in [0.1, 0.15) is 0 Å². The van der Waals surface area contributed by atoms with Gasteiger partial charge in [-0.25, -0.2) is 9.59 Å². The highest BCUT2D eigenvalue weighted by Crippen LogP contribution is 2.21. The number of imide groups is 1. The average Bonchev–Trinajstić information content (AvgIpc) is 2.93. The van der Waals surface area contributed by atoms with Crippen LogP contribution < -0.4 is 10.6 Å². The Morgan fingerprint density at radius 3 is 2.11 bits per heavy atom. The largest absolute Gasteiger partial charge is 0.465 e. The highest BCUT2D eigenvalue weighted by Gasteiger charge is 2.34. The van der Waals surface area contributed by atoms with Crippen LogP contribution in [0.4, 0.5) is 10.5 Å². The van der Waals surface area contributed by atoms with Crippen LogP contribution >= 0.6 is 0 Å². The number of urea groups is 1. The van der Waals surface area contributed by atoms with E-state index in [0.29, 0.717) is 22.4 Å². The van der Waals surface area contributed by atoms with E-state index >= 15 is 0 Å². The first-order valence-corrected chi connectivity index (χ1v) is 8.19. The second-order valence-electron chi connectivity index (χ2n) is 5.76. The Labute approximate surface area is 155 Å². The number of esters is 1. The quantitative estimate of drug-likeness (QED) is 0.620. The fraction of sp³-hybridized carbons (Fsp3) is 0.158. The molecule has 0 bridgehead atoms. The third-order valence-electron chi connectivity index (χ3n) is 4.06. The number of rotatable bonds is 5. The van der Waals surface area contributed by atoms with E-state index in [1.807, 2.05) is 0 Å². The summed E-state index contributed by atoms with van der Waals surface area (Å²) in [7, 11) is 1.29. The minimum atomic E-state index is -0.488. The summed E-state index contributed by atoms with van der Waals surface area (Å²) in [6, 6.07) is 12.3. The Hall–Kier alpha value is -3.68. The minimum absolute atomic E-state index is 0.0705. The van der Waals surface area contributed by atoms with E-state index < -0.39 is 12.0 Å². The summed E-state index contributed by atoms with van der Waals surface area (Å²) >= 11 is 0. The van der Waals surface area contributed by atoms with Crippen LogP contribution in [0.5, 0.6) is 0 Å². The number of nitrogens with one attached hydrogen (secondary N) is 2. The van der Waals surface area contributed by atoms with Crippen LogP contribution in [0.15, 0.2) is 48.5 Å². The molecule has 0 spiro atoms. The maximum atomic E-state index is 12.2. The van der Waals surface area contributed by atoms with Crippen molar-refractivity contribution in [3.05, 3.63) is 65.2 Å². The molecule has 0 unspecified atom stereocenters. The van der Waals surface area contributed by atoms with Gasteiger partial charge >= 0.3 is 12.0 Å². The number of hydrogen-bond acceptors (Lipinski definition) is 5. The fourth-order valence-corrected chi connectivity index (χ4v) is 2.71. The molecule has 4 amide bonds. The van der Waals surface area contributed by atoms with Gasteiger partial charge in [-0.15, -0.1) is 0 Å². The molecule has 2 aromatic rings. The molecular formula is C19H17N3O5. The molecule has 0 aliphatic carbocycles. The van der Waals surface area contributed by atoms with Gasteiger partial charge in [0.2, 0.25) is 0 Å². The molecule has 3 rings (SSSR count). The first-order chi connectivity index (χ1) is 13.0. The van der Waals surface area contributed by atoms with Crippen molar-refractivity contribution in [1.29, 1.82) is 0 Å². The molecule has 27 heavy (non-hydrogen) atoms. The monoisotopic (exact) mass is 367 g/mol. The summed E-state index contributed by atoms with van der Waals surface area (Å²) < 4.78 is 4.60. The Bertz CT molecular complexity index is 873. The molecule has 0 saturated heterocycles. The van der Waals surface area contributed by atoms with E-state index in [1.54, 1.807) is 36.4 Å². The van der Waals surface area contributed by atoms with Crippen LogP contribution in [0.3, 0.4) is 0 Å². The van der Waals surface area contributed by atoms with Gasteiger partial charge in [0, 0.05) is 18.8 Å². The maximum Gasteiger partial charge on any atom is 0.337 e. The zero-order valence-electron chi connectivity index (χ0n) is 14.5. The highest BCUT2D eigenvalue weighted by atomic mass is 16.5. The van der Waals surface area contributed by atoms with E-state index in [2.05, 4.69) is 15.4 Å². The zero-order valence-corrected chi connectivity index (χ0v) is 14.5. The smallest absolute Gasteiger partial charge is 0.337 e. The molecule has 2 N–H and O–H groups in total. The van der Waals surface area contributed by atoms with Gasteiger partial charge in [-0.2, -0.15) is 0 Å². The lowest BCUT2D eigenvalue weighted by molar-refractivity contribution is 0.0598. The van der Waals surface area contributed by atoms with Crippen LogP contribution in [0.25, 0.3) is 0 Å². The van der Waals surface area contributed by atoms with Gasteiger partial charge in [0.25, 0.3) is 11.8 Å². The Balaban J connectivity index is 1.50. The number of nitrogens with zero attached hydrogens (tertiary/aromatic N) is 1. The number of amides is 4. The lowest BCUT2D eigenvalue weighted by Gasteiger charge is -2.14. The van der Waals surface area contributed by atoms with Crippen LogP contribution in [-0.4, -0.2) is 48.9 Å². The molecular weight excluding hydrogens is 350 g/mol. The van der Waals surface area contributed by atoms with Crippen LogP contribution in [0.1, 0.15) is 31.1 Å². The summed E-state index contributed by atoms with van der Waals surface area (Å²) in [5, 5.41) is 5.19. The lowest BCUT2D eigenvalue weighted by atomic mass is 10.1. The highest BCUT2D eigenvalue weighted by molar-refractivity contribution is 6.21. The van der Waals surface area contributed by atoms with Crippen molar-refractivity contribution in [2.24, 2.45) is 0 Å². The van der Waals surface area contributed by atoms with E-state index in [9.17, 15) is 19.2 Å². The summed E-state index contributed by atoms with van der Waals surface area (Å²) in [6.45, 7) is 0.179. The fourth-order valence-electron chi connectivity index (χ4n) is 2.71. The number of carbonyl (C=O) groups excluding carboxylic acids is 4. The van der Waals surface area contributed by atoms with Gasteiger partial charge in [0.05, 0.1) is 23.8 Å².